The second kappa shape index (κ2) is 5.05. The van der Waals surface area contributed by atoms with Crippen LogP contribution in [0.4, 0.5) is 25.1 Å². The molecule has 2 rings (SSSR count). The van der Waals surface area contributed by atoms with Crippen LogP contribution in [0, 0.1) is 18.6 Å². The molecular formula is C12H12F2N4O. The zero-order valence-electron chi connectivity index (χ0n) is 10.4. The van der Waals surface area contributed by atoms with Gasteiger partial charge in [0.05, 0.1) is 5.69 Å². The number of hydrogen-bond acceptors (Lipinski definition) is 2. The standard InChI is InChI=1S/C12H12F2N4O/c1-7-5-11(17-18(7)2)16-12(19)15-10-6-8(13)3-4-9(10)14/h3-6H,1-2H3,(H2,15,16,17,19). The highest BCUT2D eigenvalue weighted by atomic mass is 19.1. The number of benzene rings is 1. The summed E-state index contributed by atoms with van der Waals surface area (Å²) in [7, 11) is 1.73. The van der Waals surface area contributed by atoms with Crippen LogP contribution in [0.1, 0.15) is 5.69 Å². The van der Waals surface area contributed by atoms with Crippen molar-refractivity contribution in [3.05, 3.63) is 41.6 Å². The van der Waals surface area contributed by atoms with Gasteiger partial charge in [0, 0.05) is 24.9 Å². The summed E-state index contributed by atoms with van der Waals surface area (Å²) < 4.78 is 27.8. The Kier molecular flexibility index (Phi) is 3.46. The Morgan fingerprint density at radius 3 is 2.63 bits per heavy atom. The highest BCUT2D eigenvalue weighted by Gasteiger charge is 2.10. The number of nitrogens with zero attached hydrogens (tertiary/aromatic N) is 2. The molecular weight excluding hydrogens is 254 g/mol. The lowest BCUT2D eigenvalue weighted by atomic mass is 10.3. The lowest BCUT2D eigenvalue weighted by Crippen LogP contribution is -2.20. The van der Waals surface area contributed by atoms with Gasteiger partial charge in [-0.25, -0.2) is 13.6 Å². The molecule has 2 N–H and O–H groups in total. The van der Waals surface area contributed by atoms with Crippen LogP contribution in [0.15, 0.2) is 24.3 Å². The van der Waals surface area contributed by atoms with E-state index in [0.717, 1.165) is 23.9 Å². The fourth-order valence-electron chi connectivity index (χ4n) is 1.48. The van der Waals surface area contributed by atoms with Gasteiger partial charge in [-0.3, -0.25) is 10.00 Å². The Hall–Kier alpha value is -2.44. The third-order valence-corrected chi connectivity index (χ3v) is 2.53. The van der Waals surface area contributed by atoms with Gasteiger partial charge in [-0.05, 0) is 19.1 Å². The Balaban J connectivity index is 2.07. The highest BCUT2D eigenvalue weighted by Crippen LogP contribution is 2.15. The first-order valence-electron chi connectivity index (χ1n) is 5.49. The summed E-state index contributed by atoms with van der Waals surface area (Å²) in [5.41, 5.74) is 0.623. The van der Waals surface area contributed by atoms with Gasteiger partial charge in [0.2, 0.25) is 0 Å². The molecule has 0 aliphatic heterocycles. The van der Waals surface area contributed by atoms with E-state index in [1.807, 2.05) is 6.92 Å². The summed E-state index contributed by atoms with van der Waals surface area (Å²) in [6.07, 6.45) is 0. The fourth-order valence-corrected chi connectivity index (χ4v) is 1.48. The largest absolute Gasteiger partial charge is 0.324 e. The summed E-state index contributed by atoms with van der Waals surface area (Å²) in [5, 5.41) is 8.65. The minimum absolute atomic E-state index is 0.231. The fraction of sp³-hybridized carbons (Fsp3) is 0.167. The van der Waals surface area contributed by atoms with Gasteiger partial charge in [-0.1, -0.05) is 0 Å². The molecule has 0 radical (unpaired) electrons. The molecule has 0 fully saturated rings. The van der Waals surface area contributed by atoms with Crippen LogP contribution in [0.25, 0.3) is 0 Å². The van der Waals surface area contributed by atoms with Crippen LogP contribution in [0.3, 0.4) is 0 Å². The molecule has 2 aromatic rings. The normalized spacial score (nSPS) is 10.3. The molecule has 0 unspecified atom stereocenters. The van der Waals surface area contributed by atoms with Crippen molar-refractivity contribution in [2.75, 3.05) is 10.6 Å². The first-order chi connectivity index (χ1) is 8.95. The molecule has 2 amide bonds. The molecule has 1 aromatic heterocycles. The van der Waals surface area contributed by atoms with Crippen LogP contribution in [0.5, 0.6) is 0 Å². The van der Waals surface area contributed by atoms with E-state index in [2.05, 4.69) is 15.7 Å². The second-order valence-corrected chi connectivity index (χ2v) is 4.00. The van der Waals surface area contributed by atoms with E-state index in [1.165, 1.54) is 0 Å². The number of hydrogen-bond donors (Lipinski definition) is 2. The molecule has 7 heteroatoms. The average molecular weight is 266 g/mol. The maximum Gasteiger partial charge on any atom is 0.324 e. The number of aromatic nitrogens is 2. The number of carbonyl (C=O) groups is 1. The molecule has 1 aromatic carbocycles. The first kappa shape index (κ1) is 13.0. The van der Waals surface area contributed by atoms with Crippen LogP contribution in [-0.2, 0) is 7.05 Å². The number of anilines is 2. The second-order valence-electron chi connectivity index (χ2n) is 4.00. The molecule has 100 valence electrons. The van der Waals surface area contributed by atoms with Crippen LogP contribution >= 0.6 is 0 Å². The topological polar surface area (TPSA) is 59.0 Å². The number of halogens is 2. The third-order valence-electron chi connectivity index (χ3n) is 2.53. The quantitative estimate of drug-likeness (QED) is 0.877. The summed E-state index contributed by atoms with van der Waals surface area (Å²) in [4.78, 5) is 11.6. The minimum Gasteiger partial charge on any atom is -0.305 e. The van der Waals surface area contributed by atoms with Gasteiger partial charge in [0.25, 0.3) is 0 Å². The molecule has 5 nitrogen and oxygen atoms in total. The van der Waals surface area contributed by atoms with Crippen LogP contribution < -0.4 is 10.6 Å². The Morgan fingerprint density at radius 1 is 1.26 bits per heavy atom. The van der Waals surface area contributed by atoms with Crippen LogP contribution in [0.2, 0.25) is 0 Å². The molecule has 19 heavy (non-hydrogen) atoms. The summed E-state index contributed by atoms with van der Waals surface area (Å²) in [6, 6.07) is 3.78. The van der Waals surface area contributed by atoms with Crippen molar-refractivity contribution in [2.24, 2.45) is 7.05 Å². The number of amides is 2. The van der Waals surface area contributed by atoms with Crippen molar-refractivity contribution in [1.82, 2.24) is 9.78 Å². The molecule has 0 bridgehead atoms. The van der Waals surface area contributed by atoms with Gasteiger partial charge in [-0.15, -0.1) is 0 Å². The molecule has 0 saturated carbocycles. The van der Waals surface area contributed by atoms with Crippen molar-refractivity contribution < 1.29 is 13.6 Å². The molecule has 0 aliphatic carbocycles. The first-order valence-corrected chi connectivity index (χ1v) is 5.49. The summed E-state index contributed by atoms with van der Waals surface area (Å²) in [5.74, 6) is -1.02. The number of carbonyl (C=O) groups excluding carboxylic acids is 1. The van der Waals surface area contributed by atoms with Crippen molar-refractivity contribution in [3.63, 3.8) is 0 Å². The monoisotopic (exact) mass is 266 g/mol. The molecule has 0 spiro atoms. The Bertz CT molecular complexity index is 605. The average Bonchev–Trinajstić information content (AvgIpc) is 2.63. The predicted octanol–water partition coefficient (Wildman–Crippen LogP) is 2.65. The van der Waals surface area contributed by atoms with Gasteiger partial charge < -0.3 is 5.32 Å². The zero-order valence-corrected chi connectivity index (χ0v) is 10.4. The third kappa shape index (κ3) is 3.06. The van der Waals surface area contributed by atoms with E-state index in [9.17, 15) is 13.6 Å². The lowest BCUT2D eigenvalue weighted by molar-refractivity contribution is 0.262. The van der Waals surface area contributed by atoms with Gasteiger partial charge in [0.15, 0.2) is 5.82 Å². The van der Waals surface area contributed by atoms with Crippen molar-refractivity contribution >= 4 is 17.5 Å². The highest BCUT2D eigenvalue weighted by molar-refractivity contribution is 5.99. The predicted molar refractivity (Wildman–Crippen MR) is 66.9 cm³/mol. The van der Waals surface area contributed by atoms with E-state index in [0.29, 0.717) is 5.82 Å². The SMILES string of the molecule is Cc1cc(NC(=O)Nc2cc(F)ccc2F)nn1C. The lowest BCUT2D eigenvalue weighted by Gasteiger charge is -2.06. The number of rotatable bonds is 2. The van der Waals surface area contributed by atoms with E-state index in [1.54, 1.807) is 17.8 Å². The zero-order chi connectivity index (χ0) is 14.0. The summed E-state index contributed by atoms with van der Waals surface area (Å²) >= 11 is 0. The van der Waals surface area contributed by atoms with Gasteiger partial charge in [-0.2, -0.15) is 5.10 Å². The van der Waals surface area contributed by atoms with E-state index >= 15 is 0 Å². The number of nitrogens with one attached hydrogen (secondary N) is 2. The molecule has 0 aliphatic rings. The van der Waals surface area contributed by atoms with Crippen molar-refractivity contribution in [1.29, 1.82) is 0 Å². The van der Waals surface area contributed by atoms with Crippen LogP contribution in [-0.4, -0.2) is 15.8 Å². The minimum atomic E-state index is -0.714. The Labute approximate surface area is 108 Å². The van der Waals surface area contributed by atoms with E-state index in [-0.39, 0.29) is 5.69 Å². The summed E-state index contributed by atoms with van der Waals surface area (Å²) in [6.45, 7) is 1.82. The molecule has 0 saturated heterocycles. The van der Waals surface area contributed by atoms with Gasteiger partial charge >= 0.3 is 6.03 Å². The maximum absolute atomic E-state index is 13.3. The number of urea groups is 1. The van der Waals surface area contributed by atoms with E-state index < -0.39 is 17.7 Å². The van der Waals surface area contributed by atoms with Gasteiger partial charge in [0.1, 0.15) is 11.6 Å². The van der Waals surface area contributed by atoms with Crippen molar-refractivity contribution in [2.45, 2.75) is 6.92 Å². The smallest absolute Gasteiger partial charge is 0.305 e. The molecule has 1 heterocycles. The Morgan fingerprint density at radius 2 is 2.00 bits per heavy atom. The molecule has 0 atom stereocenters. The van der Waals surface area contributed by atoms with Crippen molar-refractivity contribution in [3.8, 4) is 0 Å². The number of aryl methyl sites for hydroxylation is 2. The maximum atomic E-state index is 13.3. The van der Waals surface area contributed by atoms with E-state index in [4.69, 9.17) is 0 Å².